The highest BCUT2D eigenvalue weighted by Crippen LogP contribution is 2.24. The van der Waals surface area contributed by atoms with E-state index in [9.17, 15) is 4.79 Å². The summed E-state index contributed by atoms with van der Waals surface area (Å²) in [5.41, 5.74) is 1.53. The Morgan fingerprint density at radius 3 is 2.81 bits per heavy atom. The molecule has 0 aromatic carbocycles. The average Bonchev–Trinajstić information content (AvgIpc) is 2.50. The van der Waals surface area contributed by atoms with Gasteiger partial charge >= 0.3 is 0 Å². The highest BCUT2D eigenvalue weighted by Gasteiger charge is 2.24. The van der Waals surface area contributed by atoms with Crippen LogP contribution in [0.1, 0.15) is 71.6 Å². The lowest BCUT2D eigenvalue weighted by Crippen LogP contribution is -2.49. The molecule has 2 N–H and O–H groups in total. The molecule has 3 heteroatoms. The molecule has 0 aliphatic heterocycles. The minimum atomic E-state index is -0.0733. The molecule has 21 heavy (non-hydrogen) atoms. The molecule has 0 aromatic rings. The molecule has 0 spiro atoms. The minimum absolute atomic E-state index is 0.0733. The van der Waals surface area contributed by atoms with Crippen LogP contribution in [0.5, 0.6) is 0 Å². The molecule has 1 saturated carbocycles. The first-order valence-electron chi connectivity index (χ1n) is 8.88. The number of hydrogen-bond acceptors (Lipinski definition) is 2. The fourth-order valence-electron chi connectivity index (χ4n) is 3.59. The third-order valence-corrected chi connectivity index (χ3v) is 5.10. The summed E-state index contributed by atoms with van der Waals surface area (Å²) in [7, 11) is 0. The summed E-state index contributed by atoms with van der Waals surface area (Å²) in [4.78, 5) is 12.2. The molecule has 0 heterocycles. The Labute approximate surface area is 130 Å². The van der Waals surface area contributed by atoms with Crippen LogP contribution < -0.4 is 10.6 Å². The van der Waals surface area contributed by atoms with Crippen LogP contribution in [-0.2, 0) is 4.79 Å². The SMILES string of the molecule is CC(NC1CCCCC1C)C(=O)NCCC1=CCCCC1. The van der Waals surface area contributed by atoms with Crippen LogP contribution in [0.25, 0.3) is 0 Å². The second-order valence-electron chi connectivity index (χ2n) is 6.91. The zero-order valence-electron chi connectivity index (χ0n) is 13.8. The molecule has 0 bridgehead atoms. The number of amides is 1. The third kappa shape index (κ3) is 5.46. The molecule has 2 aliphatic carbocycles. The monoisotopic (exact) mass is 292 g/mol. The summed E-state index contributed by atoms with van der Waals surface area (Å²) in [5, 5.41) is 6.62. The second-order valence-corrected chi connectivity index (χ2v) is 6.91. The van der Waals surface area contributed by atoms with Crippen LogP contribution in [0, 0.1) is 5.92 Å². The van der Waals surface area contributed by atoms with Gasteiger partial charge in [0.2, 0.25) is 5.91 Å². The summed E-state index contributed by atoms with van der Waals surface area (Å²) >= 11 is 0. The summed E-state index contributed by atoms with van der Waals surface area (Å²) in [6, 6.07) is 0.441. The Morgan fingerprint density at radius 2 is 2.10 bits per heavy atom. The molecule has 0 radical (unpaired) electrons. The third-order valence-electron chi connectivity index (χ3n) is 5.10. The van der Waals surface area contributed by atoms with Gasteiger partial charge in [-0.2, -0.15) is 0 Å². The number of nitrogens with one attached hydrogen (secondary N) is 2. The van der Waals surface area contributed by atoms with Gasteiger partial charge in [-0.15, -0.1) is 0 Å². The highest BCUT2D eigenvalue weighted by atomic mass is 16.2. The van der Waals surface area contributed by atoms with Crippen molar-refractivity contribution in [2.45, 2.75) is 83.7 Å². The van der Waals surface area contributed by atoms with Crippen molar-refractivity contribution in [2.24, 2.45) is 5.92 Å². The molecular weight excluding hydrogens is 260 g/mol. The van der Waals surface area contributed by atoms with Gasteiger partial charge in [-0.3, -0.25) is 4.79 Å². The molecule has 3 atom stereocenters. The van der Waals surface area contributed by atoms with Crippen LogP contribution in [0.3, 0.4) is 0 Å². The first-order valence-corrected chi connectivity index (χ1v) is 8.88. The quantitative estimate of drug-likeness (QED) is 0.735. The van der Waals surface area contributed by atoms with E-state index in [4.69, 9.17) is 0 Å². The predicted octanol–water partition coefficient (Wildman–Crippen LogP) is 3.55. The number of allylic oxidation sites excluding steroid dienone is 1. The summed E-state index contributed by atoms with van der Waals surface area (Å²) in [6.45, 7) is 5.09. The van der Waals surface area contributed by atoms with Crippen molar-refractivity contribution in [1.29, 1.82) is 0 Å². The minimum Gasteiger partial charge on any atom is -0.354 e. The summed E-state index contributed by atoms with van der Waals surface area (Å²) in [6.07, 6.45) is 13.6. The Balaban J connectivity index is 1.66. The van der Waals surface area contributed by atoms with Crippen LogP contribution in [0.4, 0.5) is 0 Å². The zero-order chi connectivity index (χ0) is 15.1. The van der Waals surface area contributed by atoms with E-state index in [1.165, 1.54) is 56.9 Å². The standard InChI is InChI=1S/C18H32N2O/c1-14-8-6-7-11-17(14)20-15(2)18(21)19-13-12-16-9-4-3-5-10-16/h9,14-15,17,20H,3-8,10-13H2,1-2H3,(H,19,21). The van der Waals surface area contributed by atoms with Crippen molar-refractivity contribution in [3.63, 3.8) is 0 Å². The molecular formula is C18H32N2O. The molecule has 1 fully saturated rings. The average molecular weight is 292 g/mol. The van der Waals surface area contributed by atoms with Crippen LogP contribution >= 0.6 is 0 Å². The van der Waals surface area contributed by atoms with Crippen molar-refractivity contribution >= 4 is 5.91 Å². The van der Waals surface area contributed by atoms with Gasteiger partial charge < -0.3 is 10.6 Å². The molecule has 2 aliphatic rings. The van der Waals surface area contributed by atoms with E-state index in [0.29, 0.717) is 12.0 Å². The molecule has 3 nitrogen and oxygen atoms in total. The van der Waals surface area contributed by atoms with Gasteiger partial charge in [-0.1, -0.05) is 31.4 Å². The maximum absolute atomic E-state index is 12.2. The van der Waals surface area contributed by atoms with Gasteiger partial charge in [0.05, 0.1) is 6.04 Å². The fourth-order valence-corrected chi connectivity index (χ4v) is 3.59. The van der Waals surface area contributed by atoms with E-state index in [1.54, 1.807) is 0 Å². The van der Waals surface area contributed by atoms with E-state index >= 15 is 0 Å². The normalized spacial score (nSPS) is 27.8. The number of rotatable bonds is 6. The lowest BCUT2D eigenvalue weighted by Gasteiger charge is -2.31. The van der Waals surface area contributed by atoms with Gasteiger partial charge in [0.25, 0.3) is 0 Å². The van der Waals surface area contributed by atoms with Gasteiger partial charge in [0.15, 0.2) is 0 Å². The number of carbonyl (C=O) groups is 1. The highest BCUT2D eigenvalue weighted by molar-refractivity contribution is 5.81. The molecule has 1 amide bonds. The van der Waals surface area contributed by atoms with E-state index in [-0.39, 0.29) is 11.9 Å². The van der Waals surface area contributed by atoms with Crippen LogP contribution in [0.15, 0.2) is 11.6 Å². The molecule has 0 aromatic heterocycles. The van der Waals surface area contributed by atoms with E-state index in [0.717, 1.165) is 13.0 Å². The molecule has 3 unspecified atom stereocenters. The lowest BCUT2D eigenvalue weighted by atomic mass is 9.85. The van der Waals surface area contributed by atoms with Crippen molar-refractivity contribution in [1.82, 2.24) is 10.6 Å². The van der Waals surface area contributed by atoms with Gasteiger partial charge in [0, 0.05) is 12.6 Å². The first-order chi connectivity index (χ1) is 10.2. The largest absolute Gasteiger partial charge is 0.354 e. The van der Waals surface area contributed by atoms with Crippen LogP contribution in [-0.4, -0.2) is 24.5 Å². The van der Waals surface area contributed by atoms with Crippen molar-refractivity contribution < 1.29 is 4.79 Å². The fraction of sp³-hybridized carbons (Fsp3) is 0.833. The van der Waals surface area contributed by atoms with Crippen molar-refractivity contribution in [2.75, 3.05) is 6.54 Å². The van der Waals surface area contributed by atoms with Crippen molar-refractivity contribution in [3.05, 3.63) is 11.6 Å². The maximum atomic E-state index is 12.2. The van der Waals surface area contributed by atoms with E-state index in [1.807, 2.05) is 6.92 Å². The lowest BCUT2D eigenvalue weighted by molar-refractivity contribution is -0.123. The molecule has 0 saturated heterocycles. The molecule has 120 valence electrons. The zero-order valence-corrected chi connectivity index (χ0v) is 13.8. The van der Waals surface area contributed by atoms with E-state index in [2.05, 4.69) is 23.6 Å². The van der Waals surface area contributed by atoms with E-state index < -0.39 is 0 Å². The van der Waals surface area contributed by atoms with Crippen LogP contribution in [0.2, 0.25) is 0 Å². The second kappa shape index (κ2) is 8.57. The molecule has 2 rings (SSSR count). The Morgan fingerprint density at radius 1 is 1.29 bits per heavy atom. The summed E-state index contributed by atoms with van der Waals surface area (Å²) in [5.74, 6) is 0.852. The maximum Gasteiger partial charge on any atom is 0.236 e. The van der Waals surface area contributed by atoms with Gasteiger partial charge in [0.1, 0.15) is 0 Å². The number of carbonyl (C=O) groups excluding carboxylic acids is 1. The topological polar surface area (TPSA) is 41.1 Å². The Bertz CT molecular complexity index is 364. The Kier molecular flexibility index (Phi) is 6.75. The van der Waals surface area contributed by atoms with Gasteiger partial charge in [-0.25, -0.2) is 0 Å². The Hall–Kier alpha value is -0.830. The number of hydrogen-bond donors (Lipinski definition) is 2. The van der Waals surface area contributed by atoms with Gasteiger partial charge in [-0.05, 0) is 57.8 Å². The smallest absolute Gasteiger partial charge is 0.236 e. The predicted molar refractivity (Wildman–Crippen MR) is 88.2 cm³/mol. The first kappa shape index (κ1) is 16.5. The summed E-state index contributed by atoms with van der Waals surface area (Å²) < 4.78 is 0. The van der Waals surface area contributed by atoms with Crippen molar-refractivity contribution in [3.8, 4) is 0 Å².